The lowest BCUT2D eigenvalue weighted by Gasteiger charge is -2.38. The molecule has 1 aliphatic carbocycles. The van der Waals surface area contributed by atoms with Gasteiger partial charge in [-0.3, -0.25) is 20.2 Å². The van der Waals surface area contributed by atoms with Crippen LogP contribution in [0.25, 0.3) is 0 Å². The Kier molecular flexibility index (Phi) is 3.25. The van der Waals surface area contributed by atoms with E-state index in [4.69, 9.17) is 10.8 Å². The van der Waals surface area contributed by atoms with Gasteiger partial charge in [-0.2, -0.15) is 0 Å². The monoisotopic (exact) mass is 215 g/mol. The summed E-state index contributed by atoms with van der Waals surface area (Å²) in [4.78, 5) is 32.1. The van der Waals surface area contributed by atoms with Crippen LogP contribution in [0.4, 0.5) is 4.79 Å². The normalized spacial score (nSPS) is 17.6. The maximum atomic E-state index is 11.0. The van der Waals surface area contributed by atoms with E-state index in [1.807, 2.05) is 5.32 Å². The van der Waals surface area contributed by atoms with Crippen molar-refractivity contribution in [3.05, 3.63) is 0 Å². The van der Waals surface area contributed by atoms with Gasteiger partial charge in [0.1, 0.15) is 5.54 Å². The molecule has 1 saturated carbocycles. The lowest BCUT2D eigenvalue weighted by atomic mass is 9.77. The molecule has 0 aromatic heterocycles. The molecule has 0 saturated heterocycles. The lowest BCUT2D eigenvalue weighted by molar-refractivity contribution is -0.148. The molecule has 1 rings (SSSR count). The first-order valence-corrected chi connectivity index (χ1v) is 4.54. The van der Waals surface area contributed by atoms with Crippen molar-refractivity contribution in [2.24, 2.45) is 5.73 Å². The van der Waals surface area contributed by atoms with Gasteiger partial charge in [-0.15, -0.1) is 0 Å². The molecule has 7 heteroatoms. The number of nitrogens with two attached hydrogens (primary N) is 1. The van der Waals surface area contributed by atoms with Crippen LogP contribution >= 0.6 is 0 Å². The minimum atomic E-state index is -1.00. The van der Waals surface area contributed by atoms with Crippen LogP contribution in [-0.2, 0) is 9.59 Å². The molecule has 84 valence electrons. The molecule has 0 bridgehead atoms. The second-order valence-corrected chi connectivity index (χ2v) is 3.51. The number of hydrogen-bond donors (Lipinski definition) is 4. The molecule has 0 aromatic carbocycles. The van der Waals surface area contributed by atoms with Crippen LogP contribution < -0.4 is 16.4 Å². The van der Waals surface area contributed by atoms with E-state index in [1.165, 1.54) is 0 Å². The first kappa shape index (κ1) is 11.4. The van der Waals surface area contributed by atoms with Crippen LogP contribution in [0.2, 0.25) is 0 Å². The van der Waals surface area contributed by atoms with Gasteiger partial charge in [0, 0.05) is 0 Å². The van der Waals surface area contributed by atoms with Gasteiger partial charge in [0.25, 0.3) is 0 Å². The van der Waals surface area contributed by atoms with Crippen molar-refractivity contribution < 1.29 is 19.5 Å². The van der Waals surface area contributed by atoms with E-state index in [-0.39, 0.29) is 6.54 Å². The topological polar surface area (TPSA) is 122 Å². The Bertz CT molecular complexity index is 298. The van der Waals surface area contributed by atoms with E-state index >= 15 is 0 Å². The zero-order valence-electron chi connectivity index (χ0n) is 8.08. The largest absolute Gasteiger partial charge is 0.480 e. The van der Waals surface area contributed by atoms with E-state index < -0.39 is 23.4 Å². The number of hydrogen-bond acceptors (Lipinski definition) is 4. The van der Waals surface area contributed by atoms with E-state index in [1.54, 1.807) is 0 Å². The number of imide groups is 1. The quantitative estimate of drug-likeness (QED) is 0.468. The first-order valence-electron chi connectivity index (χ1n) is 4.54. The average Bonchev–Trinajstić information content (AvgIpc) is 1.99. The van der Waals surface area contributed by atoms with E-state index in [2.05, 4.69) is 5.32 Å². The fraction of sp³-hybridized carbons (Fsp3) is 0.625. The molecule has 1 aliphatic rings. The summed E-state index contributed by atoms with van der Waals surface area (Å²) in [5.74, 6) is -1.60. The molecule has 0 radical (unpaired) electrons. The SMILES string of the molecule is NC(=O)NC(=O)CNC1(C(=O)O)CCC1. The third-order valence-corrected chi connectivity index (χ3v) is 2.47. The third-order valence-electron chi connectivity index (χ3n) is 2.47. The highest BCUT2D eigenvalue weighted by Gasteiger charge is 2.44. The molecule has 0 unspecified atom stereocenters. The maximum absolute atomic E-state index is 11.0. The Morgan fingerprint density at radius 2 is 1.93 bits per heavy atom. The molecule has 3 amide bonds. The minimum absolute atomic E-state index is 0.227. The molecule has 15 heavy (non-hydrogen) atoms. The summed E-state index contributed by atoms with van der Waals surface area (Å²) in [7, 11) is 0. The summed E-state index contributed by atoms with van der Waals surface area (Å²) in [6.07, 6.45) is 1.80. The van der Waals surface area contributed by atoms with Gasteiger partial charge < -0.3 is 10.8 Å². The predicted octanol–water partition coefficient (Wildman–Crippen LogP) is -1.22. The van der Waals surface area contributed by atoms with Crippen LogP contribution in [0.5, 0.6) is 0 Å². The van der Waals surface area contributed by atoms with E-state index in [0.29, 0.717) is 12.8 Å². The fourth-order valence-electron chi connectivity index (χ4n) is 1.43. The van der Waals surface area contributed by atoms with Crippen molar-refractivity contribution in [2.75, 3.05) is 6.54 Å². The second kappa shape index (κ2) is 4.26. The zero-order chi connectivity index (χ0) is 11.5. The highest BCUT2D eigenvalue weighted by molar-refractivity contribution is 5.94. The summed E-state index contributed by atoms with van der Waals surface area (Å²) in [5, 5.41) is 13.4. The summed E-state index contributed by atoms with van der Waals surface area (Å²) >= 11 is 0. The number of primary amides is 1. The maximum Gasteiger partial charge on any atom is 0.323 e. The Labute approximate surface area is 86.0 Å². The van der Waals surface area contributed by atoms with Gasteiger partial charge in [-0.25, -0.2) is 4.79 Å². The third kappa shape index (κ3) is 2.66. The standard InChI is InChI=1S/C8H13N3O4/c9-7(15)11-5(12)4-10-8(6(13)14)2-1-3-8/h10H,1-4H2,(H,13,14)(H3,9,11,12,15). The lowest BCUT2D eigenvalue weighted by Crippen LogP contribution is -2.59. The number of nitrogens with one attached hydrogen (secondary N) is 2. The first-order chi connectivity index (χ1) is 6.96. The van der Waals surface area contributed by atoms with Crippen molar-refractivity contribution >= 4 is 17.9 Å². The van der Waals surface area contributed by atoms with Gasteiger partial charge in [-0.1, -0.05) is 0 Å². The van der Waals surface area contributed by atoms with Crippen molar-refractivity contribution in [1.82, 2.24) is 10.6 Å². The molecule has 0 aliphatic heterocycles. The van der Waals surface area contributed by atoms with Crippen molar-refractivity contribution in [3.8, 4) is 0 Å². The molecule has 0 atom stereocenters. The molecule has 0 aromatic rings. The summed E-state index contributed by atoms with van der Waals surface area (Å²) in [6.45, 7) is -0.227. The number of carbonyl (C=O) groups excluding carboxylic acids is 2. The Morgan fingerprint density at radius 3 is 2.27 bits per heavy atom. The van der Waals surface area contributed by atoms with Crippen LogP contribution in [-0.4, -0.2) is 35.1 Å². The average molecular weight is 215 g/mol. The molecular formula is C8H13N3O4. The molecule has 7 nitrogen and oxygen atoms in total. The molecular weight excluding hydrogens is 202 g/mol. The Balaban J connectivity index is 2.38. The number of amides is 3. The van der Waals surface area contributed by atoms with Crippen LogP contribution in [0.3, 0.4) is 0 Å². The van der Waals surface area contributed by atoms with Crippen LogP contribution in [0.15, 0.2) is 0 Å². The summed E-state index contributed by atoms with van der Waals surface area (Å²) < 4.78 is 0. The highest BCUT2D eigenvalue weighted by atomic mass is 16.4. The number of carboxylic acid groups (broad SMARTS) is 1. The van der Waals surface area contributed by atoms with Crippen LogP contribution in [0, 0.1) is 0 Å². The van der Waals surface area contributed by atoms with Gasteiger partial charge in [0.2, 0.25) is 5.91 Å². The number of urea groups is 1. The minimum Gasteiger partial charge on any atom is -0.480 e. The van der Waals surface area contributed by atoms with Crippen molar-refractivity contribution in [3.63, 3.8) is 0 Å². The fourth-order valence-corrected chi connectivity index (χ4v) is 1.43. The van der Waals surface area contributed by atoms with Crippen molar-refractivity contribution in [2.45, 2.75) is 24.8 Å². The van der Waals surface area contributed by atoms with Gasteiger partial charge in [-0.05, 0) is 19.3 Å². The van der Waals surface area contributed by atoms with E-state index in [9.17, 15) is 14.4 Å². The number of carboxylic acids is 1. The van der Waals surface area contributed by atoms with E-state index in [0.717, 1.165) is 6.42 Å². The molecule has 5 N–H and O–H groups in total. The summed E-state index contributed by atoms with van der Waals surface area (Å²) in [5.41, 5.74) is 3.72. The smallest absolute Gasteiger partial charge is 0.323 e. The Morgan fingerprint density at radius 1 is 1.33 bits per heavy atom. The van der Waals surface area contributed by atoms with Gasteiger partial charge in [0.05, 0.1) is 6.54 Å². The van der Waals surface area contributed by atoms with Crippen LogP contribution in [0.1, 0.15) is 19.3 Å². The summed E-state index contributed by atoms with van der Waals surface area (Å²) in [6, 6.07) is -0.945. The molecule has 1 fully saturated rings. The zero-order valence-corrected chi connectivity index (χ0v) is 8.08. The Hall–Kier alpha value is -1.63. The molecule has 0 heterocycles. The predicted molar refractivity (Wildman–Crippen MR) is 49.9 cm³/mol. The van der Waals surface area contributed by atoms with Crippen molar-refractivity contribution in [1.29, 1.82) is 0 Å². The number of rotatable bonds is 4. The number of aliphatic carboxylic acids is 1. The highest BCUT2D eigenvalue weighted by Crippen LogP contribution is 2.31. The van der Waals surface area contributed by atoms with Gasteiger partial charge >= 0.3 is 12.0 Å². The van der Waals surface area contributed by atoms with Gasteiger partial charge in [0.15, 0.2) is 0 Å². The second-order valence-electron chi connectivity index (χ2n) is 3.51. The number of carbonyl (C=O) groups is 3. The molecule has 0 spiro atoms.